The van der Waals surface area contributed by atoms with Gasteiger partial charge in [-0.25, -0.2) is 8.42 Å². The molecule has 1 rings (SSSR count). The van der Waals surface area contributed by atoms with E-state index in [0.29, 0.717) is 5.56 Å². The number of carbonyl (C=O) groups is 1. The maximum Gasteiger partial charge on any atom is 0.326 e. The summed E-state index contributed by atoms with van der Waals surface area (Å²) < 4.78 is 30.7. The molecule has 0 saturated heterocycles. The van der Waals surface area contributed by atoms with Gasteiger partial charge in [-0.3, -0.25) is 4.79 Å². The molecule has 0 aliphatic heterocycles. The summed E-state index contributed by atoms with van der Waals surface area (Å²) in [6.07, 6.45) is 0. The Morgan fingerprint density at radius 2 is 2.00 bits per heavy atom. The van der Waals surface area contributed by atoms with E-state index in [1.807, 2.05) is 0 Å². The molecule has 0 aliphatic carbocycles. The van der Waals surface area contributed by atoms with Crippen molar-refractivity contribution in [1.82, 2.24) is 4.31 Å². The lowest BCUT2D eigenvalue weighted by molar-refractivity contribution is -0.149. The van der Waals surface area contributed by atoms with Gasteiger partial charge in [0.1, 0.15) is 5.54 Å². The zero-order valence-electron chi connectivity index (χ0n) is 11.9. The average molecular weight is 320 g/mol. The number of nitrogens with zero attached hydrogens (tertiary/aromatic N) is 1. The maximum absolute atomic E-state index is 12.5. The van der Waals surface area contributed by atoms with Gasteiger partial charge in [-0.05, 0) is 31.5 Å². The summed E-state index contributed by atoms with van der Waals surface area (Å²) >= 11 is 5.71. The van der Waals surface area contributed by atoms with E-state index in [-0.39, 0.29) is 10.8 Å². The molecule has 0 radical (unpaired) electrons. The number of carbonyl (C=O) groups excluding carboxylic acids is 1. The van der Waals surface area contributed by atoms with Crippen LogP contribution < -0.4 is 0 Å². The number of sulfonamides is 1. The van der Waals surface area contributed by atoms with Crippen LogP contribution in [0.25, 0.3) is 0 Å². The molecule has 0 saturated carbocycles. The number of halogens is 1. The van der Waals surface area contributed by atoms with Gasteiger partial charge in [0.25, 0.3) is 0 Å². The van der Waals surface area contributed by atoms with Crippen LogP contribution in [-0.2, 0) is 25.4 Å². The SMILES string of the molecule is COC(=O)C(C)(C)N(C)S(=O)(=O)c1cccc(CCl)c1. The van der Waals surface area contributed by atoms with E-state index >= 15 is 0 Å². The van der Waals surface area contributed by atoms with Crippen molar-refractivity contribution in [3.05, 3.63) is 29.8 Å². The van der Waals surface area contributed by atoms with Gasteiger partial charge in [-0.15, -0.1) is 11.6 Å². The van der Waals surface area contributed by atoms with E-state index in [1.54, 1.807) is 12.1 Å². The number of likely N-dealkylation sites (N-methyl/N-ethyl adjacent to an activating group) is 1. The first-order valence-corrected chi connectivity index (χ1v) is 7.87. The molecular weight excluding hydrogens is 302 g/mol. The van der Waals surface area contributed by atoms with E-state index < -0.39 is 21.5 Å². The quantitative estimate of drug-likeness (QED) is 0.615. The van der Waals surface area contributed by atoms with Crippen molar-refractivity contribution < 1.29 is 17.9 Å². The monoisotopic (exact) mass is 319 g/mol. The molecule has 0 heterocycles. The number of ether oxygens (including phenoxy) is 1. The summed E-state index contributed by atoms with van der Waals surface area (Å²) in [5.74, 6) is -0.412. The Balaban J connectivity index is 3.25. The number of methoxy groups -OCH3 is 1. The van der Waals surface area contributed by atoms with Crippen LogP contribution in [0.5, 0.6) is 0 Å². The highest BCUT2D eigenvalue weighted by atomic mass is 35.5. The van der Waals surface area contributed by atoms with Crippen LogP contribution in [0.1, 0.15) is 19.4 Å². The van der Waals surface area contributed by atoms with Gasteiger partial charge >= 0.3 is 5.97 Å². The molecule has 20 heavy (non-hydrogen) atoms. The Hall–Kier alpha value is -1.11. The highest BCUT2D eigenvalue weighted by molar-refractivity contribution is 7.89. The van der Waals surface area contributed by atoms with Crippen molar-refractivity contribution >= 4 is 27.6 Å². The summed E-state index contributed by atoms with van der Waals surface area (Å²) in [6.45, 7) is 2.98. The van der Waals surface area contributed by atoms with Gasteiger partial charge in [0, 0.05) is 12.9 Å². The van der Waals surface area contributed by atoms with Crippen molar-refractivity contribution in [3.63, 3.8) is 0 Å². The minimum Gasteiger partial charge on any atom is -0.468 e. The third-order valence-electron chi connectivity index (χ3n) is 3.18. The third kappa shape index (κ3) is 3.13. The van der Waals surface area contributed by atoms with Crippen LogP contribution in [0, 0.1) is 0 Å². The smallest absolute Gasteiger partial charge is 0.326 e. The first kappa shape index (κ1) is 16.9. The van der Waals surface area contributed by atoms with Crippen molar-refractivity contribution in [2.75, 3.05) is 14.2 Å². The number of benzene rings is 1. The van der Waals surface area contributed by atoms with E-state index in [2.05, 4.69) is 4.74 Å². The van der Waals surface area contributed by atoms with Crippen molar-refractivity contribution in [2.24, 2.45) is 0 Å². The predicted octanol–water partition coefficient (Wildman–Crippen LogP) is 2.00. The molecule has 0 spiro atoms. The van der Waals surface area contributed by atoms with Crippen molar-refractivity contribution in [1.29, 1.82) is 0 Å². The Morgan fingerprint density at radius 1 is 1.40 bits per heavy atom. The normalized spacial score (nSPS) is 12.5. The molecule has 0 aromatic heterocycles. The predicted molar refractivity (Wildman–Crippen MR) is 77.0 cm³/mol. The topological polar surface area (TPSA) is 63.7 Å². The molecule has 0 fully saturated rings. The number of esters is 1. The first-order chi connectivity index (χ1) is 9.17. The molecule has 0 unspecified atom stereocenters. The minimum atomic E-state index is -3.81. The van der Waals surface area contributed by atoms with Crippen LogP contribution in [0.15, 0.2) is 29.2 Å². The van der Waals surface area contributed by atoms with Crippen molar-refractivity contribution in [2.45, 2.75) is 30.2 Å². The number of hydrogen-bond acceptors (Lipinski definition) is 4. The van der Waals surface area contributed by atoms with Crippen LogP contribution in [-0.4, -0.2) is 38.4 Å². The second kappa shape index (κ2) is 6.11. The lowest BCUT2D eigenvalue weighted by atomic mass is 10.1. The maximum atomic E-state index is 12.5. The summed E-state index contributed by atoms with van der Waals surface area (Å²) in [5, 5.41) is 0. The lowest BCUT2D eigenvalue weighted by Gasteiger charge is -2.31. The Morgan fingerprint density at radius 3 is 2.50 bits per heavy atom. The van der Waals surface area contributed by atoms with Crippen molar-refractivity contribution in [3.8, 4) is 0 Å². The standard InChI is InChI=1S/C13H18ClNO4S/c1-13(2,12(16)19-4)15(3)20(17,18)11-7-5-6-10(8-11)9-14/h5-8H,9H2,1-4H3. The molecule has 112 valence electrons. The zero-order chi connectivity index (χ0) is 15.6. The van der Waals surface area contributed by atoms with Gasteiger partial charge in [0.05, 0.1) is 12.0 Å². The molecule has 0 bridgehead atoms. The fourth-order valence-corrected chi connectivity index (χ4v) is 3.33. The summed E-state index contributed by atoms with van der Waals surface area (Å²) in [6, 6.07) is 6.31. The van der Waals surface area contributed by atoms with Gasteiger partial charge in [-0.2, -0.15) is 4.31 Å². The van der Waals surface area contributed by atoms with Gasteiger partial charge < -0.3 is 4.74 Å². The molecule has 1 aromatic carbocycles. The van der Waals surface area contributed by atoms with E-state index in [1.165, 1.54) is 40.1 Å². The summed E-state index contributed by atoms with van der Waals surface area (Å²) in [7, 11) is -1.24. The second-order valence-electron chi connectivity index (χ2n) is 4.80. The molecule has 0 atom stereocenters. The number of rotatable bonds is 5. The largest absolute Gasteiger partial charge is 0.468 e. The van der Waals surface area contributed by atoms with Crippen LogP contribution in [0.2, 0.25) is 0 Å². The van der Waals surface area contributed by atoms with Gasteiger partial charge in [0.2, 0.25) is 10.0 Å². The first-order valence-electron chi connectivity index (χ1n) is 5.90. The molecule has 1 aromatic rings. The molecular formula is C13H18ClNO4S. The van der Waals surface area contributed by atoms with Crippen LogP contribution in [0.4, 0.5) is 0 Å². The molecule has 5 nitrogen and oxygen atoms in total. The van der Waals surface area contributed by atoms with Gasteiger partial charge in [0.15, 0.2) is 0 Å². The Kier molecular flexibility index (Phi) is 5.18. The van der Waals surface area contributed by atoms with E-state index in [9.17, 15) is 13.2 Å². The fourth-order valence-electron chi connectivity index (χ4n) is 1.63. The van der Waals surface area contributed by atoms with Crippen LogP contribution >= 0.6 is 11.6 Å². The molecule has 0 N–H and O–H groups in total. The number of hydrogen-bond donors (Lipinski definition) is 0. The van der Waals surface area contributed by atoms with E-state index in [4.69, 9.17) is 11.6 Å². The third-order valence-corrected chi connectivity index (χ3v) is 5.52. The molecule has 0 aliphatic rings. The number of alkyl halides is 1. The highest BCUT2D eigenvalue weighted by Crippen LogP contribution is 2.24. The van der Waals surface area contributed by atoms with Crippen LogP contribution in [0.3, 0.4) is 0 Å². The zero-order valence-corrected chi connectivity index (χ0v) is 13.5. The summed E-state index contributed by atoms with van der Waals surface area (Å²) in [5.41, 5.74) is -0.609. The summed E-state index contributed by atoms with van der Waals surface area (Å²) in [4.78, 5) is 11.8. The average Bonchev–Trinajstić information content (AvgIpc) is 2.45. The van der Waals surface area contributed by atoms with E-state index in [0.717, 1.165) is 4.31 Å². The lowest BCUT2D eigenvalue weighted by Crippen LogP contribution is -2.51. The molecule has 0 amide bonds. The molecule has 7 heteroatoms. The Bertz CT molecular complexity index is 598. The fraction of sp³-hybridized carbons (Fsp3) is 0.462. The minimum absolute atomic E-state index is 0.0927. The highest BCUT2D eigenvalue weighted by Gasteiger charge is 2.40. The van der Waals surface area contributed by atoms with Gasteiger partial charge in [-0.1, -0.05) is 12.1 Å². The second-order valence-corrected chi connectivity index (χ2v) is 7.04. The Labute approximate surface area is 124 Å².